The summed E-state index contributed by atoms with van der Waals surface area (Å²) in [5, 5.41) is 0. The molecule has 0 aliphatic heterocycles. The van der Waals surface area contributed by atoms with Crippen molar-refractivity contribution in [3.63, 3.8) is 0 Å². The second-order valence-corrected chi connectivity index (χ2v) is 2.71. The van der Waals surface area contributed by atoms with E-state index in [-0.39, 0.29) is 0 Å². The van der Waals surface area contributed by atoms with Gasteiger partial charge in [0.25, 0.3) is 0 Å². The van der Waals surface area contributed by atoms with Crippen LogP contribution in [0.15, 0.2) is 24.3 Å². The second-order valence-electron chi connectivity index (χ2n) is 2.71. The van der Waals surface area contributed by atoms with Gasteiger partial charge < -0.3 is 0 Å². The van der Waals surface area contributed by atoms with Gasteiger partial charge in [-0.2, -0.15) is 0 Å². The zero-order valence-corrected chi connectivity index (χ0v) is 7.30. The summed E-state index contributed by atoms with van der Waals surface area (Å²) in [6.07, 6.45) is 11.1. The van der Waals surface area contributed by atoms with E-state index in [0.717, 1.165) is 5.92 Å². The second kappa shape index (κ2) is 6.60. The quantitative estimate of drug-likeness (QED) is 0.521. The Kier molecular flexibility index (Phi) is 6.25. The minimum atomic E-state index is 0.799. The van der Waals surface area contributed by atoms with Crippen molar-refractivity contribution >= 4 is 0 Å². The van der Waals surface area contributed by atoms with Crippen LogP contribution in [0.3, 0.4) is 0 Å². The Bertz CT molecular complexity index is 95.2. The fourth-order valence-corrected chi connectivity index (χ4v) is 0.833. The van der Waals surface area contributed by atoms with Crippen LogP contribution in [0.5, 0.6) is 0 Å². The van der Waals surface area contributed by atoms with Gasteiger partial charge in [0.1, 0.15) is 0 Å². The summed E-state index contributed by atoms with van der Waals surface area (Å²) in [5.41, 5.74) is 0. The molecule has 0 atom stereocenters. The third-order valence-electron chi connectivity index (χ3n) is 1.55. The van der Waals surface area contributed by atoms with Gasteiger partial charge in [-0.05, 0) is 32.6 Å². The van der Waals surface area contributed by atoms with Crippen molar-refractivity contribution in [2.75, 3.05) is 0 Å². The lowest BCUT2D eigenvalue weighted by atomic mass is 10.0. The third kappa shape index (κ3) is 5.61. The van der Waals surface area contributed by atoms with Gasteiger partial charge in [-0.3, -0.25) is 0 Å². The Labute approximate surface area is 64.6 Å². The molecular formula is C10H18. The molecule has 0 aromatic heterocycles. The number of hydrogen-bond acceptors (Lipinski definition) is 0. The first kappa shape index (κ1) is 9.48. The van der Waals surface area contributed by atoms with Gasteiger partial charge in [0.2, 0.25) is 0 Å². The van der Waals surface area contributed by atoms with Crippen molar-refractivity contribution in [1.29, 1.82) is 0 Å². The number of rotatable bonds is 4. The van der Waals surface area contributed by atoms with E-state index in [9.17, 15) is 0 Å². The zero-order chi connectivity index (χ0) is 7.82. The highest BCUT2D eigenvalue weighted by Crippen LogP contribution is 2.08. The van der Waals surface area contributed by atoms with Crippen LogP contribution in [-0.2, 0) is 0 Å². The molecular weight excluding hydrogens is 120 g/mol. The molecule has 0 bridgehead atoms. The van der Waals surface area contributed by atoms with E-state index in [1.165, 1.54) is 12.8 Å². The number of hydrogen-bond donors (Lipinski definition) is 0. The molecule has 0 fully saturated rings. The van der Waals surface area contributed by atoms with E-state index in [4.69, 9.17) is 0 Å². The highest BCUT2D eigenvalue weighted by molar-refractivity contribution is 4.84. The third-order valence-corrected chi connectivity index (χ3v) is 1.55. The lowest BCUT2D eigenvalue weighted by molar-refractivity contribution is 0.602. The minimum absolute atomic E-state index is 0.799. The highest BCUT2D eigenvalue weighted by Gasteiger charge is 1.93. The van der Waals surface area contributed by atoms with Crippen molar-refractivity contribution in [3.8, 4) is 0 Å². The molecule has 0 rings (SSSR count). The summed E-state index contributed by atoms with van der Waals surface area (Å²) in [6, 6.07) is 0. The van der Waals surface area contributed by atoms with E-state index in [1.807, 2.05) is 0 Å². The smallest absolute Gasteiger partial charge is 0.0322 e. The van der Waals surface area contributed by atoms with E-state index in [0.29, 0.717) is 0 Å². The minimum Gasteiger partial charge on any atom is -0.0917 e. The molecule has 0 aromatic rings. The Morgan fingerprint density at radius 2 is 1.40 bits per heavy atom. The Balaban J connectivity index is 3.33. The average Bonchev–Trinajstić information content (AvgIpc) is 1.97. The molecule has 0 saturated carbocycles. The van der Waals surface area contributed by atoms with Crippen molar-refractivity contribution in [1.82, 2.24) is 0 Å². The van der Waals surface area contributed by atoms with Crippen LogP contribution < -0.4 is 0 Å². The summed E-state index contributed by atoms with van der Waals surface area (Å²) in [7, 11) is 0. The molecule has 0 aliphatic rings. The fraction of sp³-hybridized carbons (Fsp3) is 0.600. The van der Waals surface area contributed by atoms with Gasteiger partial charge in [0.05, 0.1) is 0 Å². The Morgan fingerprint density at radius 3 is 1.70 bits per heavy atom. The molecule has 0 N–H and O–H groups in total. The molecule has 0 radical (unpaired) electrons. The van der Waals surface area contributed by atoms with Gasteiger partial charge in [-0.25, -0.2) is 0 Å². The molecule has 0 spiro atoms. The largest absolute Gasteiger partial charge is 0.0917 e. The van der Waals surface area contributed by atoms with Crippen molar-refractivity contribution in [3.05, 3.63) is 24.3 Å². The van der Waals surface area contributed by atoms with Crippen LogP contribution in [0.1, 0.15) is 33.6 Å². The van der Waals surface area contributed by atoms with Crippen molar-refractivity contribution in [2.45, 2.75) is 33.6 Å². The van der Waals surface area contributed by atoms with Gasteiger partial charge in [-0.15, -0.1) is 0 Å². The van der Waals surface area contributed by atoms with Gasteiger partial charge in [-0.1, -0.05) is 31.2 Å². The maximum absolute atomic E-state index is 2.28. The monoisotopic (exact) mass is 138 g/mol. The molecule has 0 aromatic carbocycles. The maximum atomic E-state index is 2.28. The SMILES string of the molecule is C/C=C/CC(C)C/C=C/C. The fourth-order valence-electron chi connectivity index (χ4n) is 0.833. The van der Waals surface area contributed by atoms with Crippen LogP contribution >= 0.6 is 0 Å². The molecule has 0 heterocycles. The molecule has 0 unspecified atom stereocenters. The number of allylic oxidation sites excluding steroid dienone is 4. The lowest BCUT2D eigenvalue weighted by Gasteiger charge is -2.02. The van der Waals surface area contributed by atoms with E-state index in [1.54, 1.807) is 0 Å². The van der Waals surface area contributed by atoms with Crippen molar-refractivity contribution < 1.29 is 0 Å². The van der Waals surface area contributed by atoms with Crippen LogP contribution in [-0.4, -0.2) is 0 Å². The molecule has 0 saturated heterocycles. The van der Waals surface area contributed by atoms with E-state index in [2.05, 4.69) is 45.1 Å². The van der Waals surface area contributed by atoms with Crippen molar-refractivity contribution in [2.24, 2.45) is 5.92 Å². The summed E-state index contributed by atoms with van der Waals surface area (Å²) in [6.45, 7) is 6.42. The predicted octanol–water partition coefficient (Wildman–Crippen LogP) is 3.55. The molecule has 0 heteroatoms. The van der Waals surface area contributed by atoms with Gasteiger partial charge in [0.15, 0.2) is 0 Å². The molecule has 0 nitrogen and oxygen atoms in total. The van der Waals surface area contributed by atoms with Crippen LogP contribution in [0.25, 0.3) is 0 Å². The highest BCUT2D eigenvalue weighted by atomic mass is 14.0. The summed E-state index contributed by atoms with van der Waals surface area (Å²) in [5.74, 6) is 0.799. The van der Waals surface area contributed by atoms with Crippen LogP contribution in [0, 0.1) is 5.92 Å². The predicted molar refractivity (Wildman–Crippen MR) is 48.0 cm³/mol. The summed E-state index contributed by atoms with van der Waals surface area (Å²) >= 11 is 0. The topological polar surface area (TPSA) is 0 Å². The van der Waals surface area contributed by atoms with Crippen LogP contribution in [0.4, 0.5) is 0 Å². The van der Waals surface area contributed by atoms with Gasteiger partial charge in [0, 0.05) is 0 Å². The van der Waals surface area contributed by atoms with Crippen LogP contribution in [0.2, 0.25) is 0 Å². The first-order valence-corrected chi connectivity index (χ1v) is 4.03. The standard InChI is InChI=1S/C10H18/c1-4-6-8-10(3)9-7-5-2/h4-7,10H,8-9H2,1-3H3/b6-4+,7-5+. The Hall–Kier alpha value is -0.520. The molecule has 58 valence electrons. The summed E-state index contributed by atoms with van der Waals surface area (Å²) < 4.78 is 0. The first-order valence-electron chi connectivity index (χ1n) is 4.03. The molecule has 0 amide bonds. The van der Waals surface area contributed by atoms with E-state index < -0.39 is 0 Å². The first-order chi connectivity index (χ1) is 4.81. The Morgan fingerprint density at radius 1 is 1.00 bits per heavy atom. The summed E-state index contributed by atoms with van der Waals surface area (Å²) in [4.78, 5) is 0. The lowest BCUT2D eigenvalue weighted by Crippen LogP contribution is -1.88. The zero-order valence-electron chi connectivity index (χ0n) is 7.30. The molecule has 0 aliphatic carbocycles. The van der Waals surface area contributed by atoms with Gasteiger partial charge >= 0.3 is 0 Å². The normalized spacial score (nSPS) is 12.4. The average molecular weight is 138 g/mol. The maximum Gasteiger partial charge on any atom is -0.0322 e. The van der Waals surface area contributed by atoms with E-state index >= 15 is 0 Å². The molecule has 10 heavy (non-hydrogen) atoms.